The summed E-state index contributed by atoms with van der Waals surface area (Å²) in [6, 6.07) is -13.4. The van der Waals surface area contributed by atoms with Crippen LogP contribution < -0.4 is 10.2 Å². The van der Waals surface area contributed by atoms with Gasteiger partial charge in [-0.15, -0.1) is 0 Å². The van der Waals surface area contributed by atoms with E-state index in [0.29, 0.717) is 7.05 Å². The first-order valence-corrected chi connectivity index (χ1v) is 11.2. The smallest absolute Gasteiger partial charge is 0.337 e. The molecule has 1 fully saturated rings. The Bertz CT molecular complexity index is 2560. The highest BCUT2D eigenvalue weighted by Gasteiger charge is 2.29. The van der Waals surface area contributed by atoms with Gasteiger partial charge in [0.1, 0.15) is 0 Å². The highest BCUT2D eigenvalue weighted by atomic mass is 16.5. The highest BCUT2D eigenvalue weighted by molar-refractivity contribution is 6.37. The molecule has 3 aromatic carbocycles. The first kappa shape index (κ1) is 10.3. The molecule has 8 heteroatoms. The molecule has 0 unspecified atom stereocenters. The van der Waals surface area contributed by atoms with E-state index < -0.39 is 191 Å². The number of likely N-dealkylation sites (N-methyl/N-ethyl adjacent to an activating group) is 2. The van der Waals surface area contributed by atoms with E-state index in [1.165, 1.54) is 0 Å². The molecule has 5 rings (SSSR count). The third kappa shape index (κ3) is 5.83. The Morgan fingerprint density at radius 2 is 1.77 bits per heavy atom. The summed E-state index contributed by atoms with van der Waals surface area (Å²) in [4.78, 5) is 39.2. The highest BCUT2D eigenvalue weighted by Crippen LogP contribution is 2.39. The number of nitrogens with one attached hydrogen (secondary N) is 1. The topological polar surface area (TPSA) is 82.2 Å². The Morgan fingerprint density at radius 3 is 2.45 bits per heavy atom. The maximum Gasteiger partial charge on any atom is 0.337 e. The summed E-state index contributed by atoms with van der Waals surface area (Å²) in [6.07, 6.45) is -1.20. The van der Waals surface area contributed by atoms with Crippen LogP contribution in [-0.4, -0.2) is 81.2 Å². The van der Waals surface area contributed by atoms with Gasteiger partial charge >= 0.3 is 5.97 Å². The Hall–Kier alpha value is -4.27. The molecule has 3 aromatic rings. The molecular formula is C32H34N4O4. The molecule has 0 saturated carbocycles. The lowest BCUT2D eigenvalue weighted by atomic mass is 9.90. The van der Waals surface area contributed by atoms with E-state index in [9.17, 15) is 14.4 Å². The van der Waals surface area contributed by atoms with E-state index in [0.717, 1.165) is 7.11 Å². The molecule has 1 saturated heterocycles. The minimum atomic E-state index is -4.44. The molecular weight excluding hydrogens is 504 g/mol. The van der Waals surface area contributed by atoms with Gasteiger partial charge in [-0.2, -0.15) is 0 Å². The van der Waals surface area contributed by atoms with Gasteiger partial charge in [-0.25, -0.2) is 4.79 Å². The Kier molecular flexibility index (Phi) is 3.05. The largest absolute Gasteiger partial charge is 0.465 e. The van der Waals surface area contributed by atoms with Gasteiger partial charge in [-0.05, 0) is 54.3 Å². The van der Waals surface area contributed by atoms with E-state index in [-0.39, 0.29) is 4.90 Å². The summed E-state index contributed by atoms with van der Waals surface area (Å²) in [5.74, 6) is -5.10. The molecule has 2 amide bonds. The average Bonchev–Trinajstić information content (AvgIpc) is 3.54. The van der Waals surface area contributed by atoms with Crippen LogP contribution in [0.2, 0.25) is 0 Å². The molecule has 1 N–H and O–H groups in total. The molecule has 0 aliphatic carbocycles. The second kappa shape index (κ2) is 11.9. The lowest BCUT2D eigenvalue weighted by Gasteiger charge is -2.32. The van der Waals surface area contributed by atoms with Gasteiger partial charge in [0.15, 0.2) is 0 Å². The summed E-state index contributed by atoms with van der Waals surface area (Å²) in [6.45, 7) is -23.9. The molecule has 40 heavy (non-hydrogen) atoms. The normalized spacial score (nSPS) is 31.4. The first-order chi connectivity index (χ1) is 29.3. The zero-order valence-electron chi connectivity index (χ0n) is 45.7. The van der Waals surface area contributed by atoms with Crippen molar-refractivity contribution >= 4 is 40.3 Å². The van der Waals surface area contributed by atoms with Crippen molar-refractivity contribution in [3.63, 3.8) is 0 Å². The van der Waals surface area contributed by atoms with Crippen LogP contribution in [0.3, 0.4) is 0 Å². The fraction of sp³-hybridized carbons (Fsp3) is 0.281. The fourth-order valence-electron chi connectivity index (χ4n) is 3.49. The van der Waals surface area contributed by atoms with Gasteiger partial charge in [0.25, 0.3) is 5.91 Å². The number of rotatable bonds is 7. The fourth-order valence-corrected chi connectivity index (χ4v) is 3.49. The van der Waals surface area contributed by atoms with E-state index in [4.69, 9.17) is 34.3 Å². The number of hydrogen-bond donors (Lipinski definition) is 1. The summed E-state index contributed by atoms with van der Waals surface area (Å²) >= 11 is 0. The molecule has 2 aliphatic heterocycles. The monoisotopic (exact) mass is 563 g/mol. The molecule has 8 nitrogen and oxygen atoms in total. The van der Waals surface area contributed by atoms with Crippen LogP contribution in [0.4, 0.5) is 11.4 Å². The van der Waals surface area contributed by atoms with Gasteiger partial charge in [0, 0.05) is 65.0 Å². The van der Waals surface area contributed by atoms with Crippen LogP contribution in [0.1, 0.15) is 61.3 Å². The van der Waals surface area contributed by atoms with Crippen molar-refractivity contribution in [1.29, 1.82) is 0 Å². The van der Waals surface area contributed by atoms with Crippen molar-refractivity contribution in [2.45, 2.75) is 6.42 Å². The lowest BCUT2D eigenvalue weighted by molar-refractivity contribution is -0.119. The maximum atomic E-state index is 14.3. The first-order valence-electron chi connectivity index (χ1n) is 23.7. The Morgan fingerprint density at radius 1 is 1.05 bits per heavy atom. The van der Waals surface area contributed by atoms with E-state index in [2.05, 4.69) is 10.1 Å². The van der Waals surface area contributed by atoms with Gasteiger partial charge in [0.05, 0.1) is 43.9 Å². The molecule has 0 radical (unpaired) electrons. The number of benzene rings is 3. The molecule has 0 bridgehead atoms. The number of fused-ring (bicyclic) bond motifs is 1. The number of ether oxygens (including phenoxy) is 1. The molecule has 206 valence electrons. The van der Waals surface area contributed by atoms with Gasteiger partial charge in [-0.3, -0.25) is 14.5 Å². The third-order valence-corrected chi connectivity index (χ3v) is 5.33. The molecule has 0 aromatic heterocycles. The minimum absolute atomic E-state index is 0.0519. The number of carbonyl (C=O) groups excluding carboxylic acids is 3. The number of allylic oxidation sites excluding steroid dienone is 1. The van der Waals surface area contributed by atoms with Crippen molar-refractivity contribution in [2.24, 2.45) is 0 Å². The number of nitrogens with zero attached hydrogens (tertiary/aromatic N) is 3. The van der Waals surface area contributed by atoms with Crippen molar-refractivity contribution < 1.29 is 53.4 Å². The van der Waals surface area contributed by atoms with Crippen molar-refractivity contribution in [1.82, 2.24) is 9.80 Å². The SMILES string of the molecule is [2H]c1c([2H])c([2H])c(/C(Cc2c([2H])c([2H])c(N(C(=O)C([2H])([2H])N3C([2H])([2H])C([2H])([2H])N(C)C([2H])([2H])C3([2H])[2H])C([2H])([2H])[2H])c([2H])c2[2H])=C2/C(=O)Nc3c([2H])c(C(=O)OC)c([2H])c([2H])c32)c([2H])c1[2H]. The van der Waals surface area contributed by atoms with Crippen LogP contribution in [0.5, 0.6) is 0 Å². The zero-order valence-corrected chi connectivity index (χ0v) is 20.7. The van der Waals surface area contributed by atoms with Crippen molar-refractivity contribution in [3.8, 4) is 0 Å². The van der Waals surface area contributed by atoms with Gasteiger partial charge in [-0.1, -0.05) is 48.3 Å². The van der Waals surface area contributed by atoms with Crippen LogP contribution in [0, 0.1) is 0 Å². The van der Waals surface area contributed by atoms with Crippen LogP contribution >= 0.6 is 0 Å². The van der Waals surface area contributed by atoms with Crippen molar-refractivity contribution in [3.05, 3.63) is 94.8 Å². The van der Waals surface area contributed by atoms with E-state index in [1.807, 2.05) is 0 Å². The number of anilines is 2. The van der Waals surface area contributed by atoms with E-state index >= 15 is 0 Å². The predicted octanol–water partition coefficient (Wildman–Crippen LogP) is 3.79. The zero-order chi connectivity index (χ0) is 50.1. The second-order valence-electron chi connectivity index (χ2n) is 7.90. The summed E-state index contributed by atoms with van der Waals surface area (Å²) < 4.78 is 217. The number of hydrogen-bond acceptors (Lipinski definition) is 6. The third-order valence-electron chi connectivity index (χ3n) is 5.33. The predicted molar refractivity (Wildman–Crippen MR) is 157 cm³/mol. The average molecular weight is 564 g/mol. The summed E-state index contributed by atoms with van der Waals surface area (Å²) in [5, 5.41) is 2.22. The maximum absolute atomic E-state index is 14.3. The van der Waals surface area contributed by atoms with Crippen LogP contribution in [0.15, 0.2) is 72.5 Å². The van der Waals surface area contributed by atoms with Gasteiger partial charge < -0.3 is 19.9 Å². The Balaban J connectivity index is 1.85. The summed E-state index contributed by atoms with van der Waals surface area (Å²) in [5.41, 5.74) is -6.89. The van der Waals surface area contributed by atoms with Gasteiger partial charge in [0.2, 0.25) is 5.91 Å². The van der Waals surface area contributed by atoms with Crippen LogP contribution in [-0.2, 0) is 20.7 Å². The molecule has 0 atom stereocenters. The van der Waals surface area contributed by atoms with Crippen molar-refractivity contribution in [2.75, 3.05) is 63.8 Å². The summed E-state index contributed by atoms with van der Waals surface area (Å²) in [7, 11) is 1.52. The number of piperazine rings is 1. The van der Waals surface area contributed by atoms with Crippen LogP contribution in [0.25, 0.3) is 11.1 Å². The molecule has 2 heterocycles. The lowest BCUT2D eigenvalue weighted by Crippen LogP contribution is -2.48. The van der Waals surface area contributed by atoms with E-state index in [1.54, 1.807) is 0 Å². The molecule has 2 aliphatic rings. The Labute approximate surface area is 270 Å². The second-order valence-corrected chi connectivity index (χ2v) is 7.90. The molecule has 0 spiro atoms. The number of methoxy groups -OCH3 is 1. The standard InChI is InChI=1S/C32H34N4O4/c1-34-15-17-36(18-16-34)21-29(37)35(2)25-12-9-22(10-13-25)19-27(23-7-5-4-6-8-23)30-26-14-11-24(32(39)40-3)20-28(26)33-31(30)38/h4-14,20H,15-19,21H2,1-3H3,(H,33,38)/b30-27+/i2D3,4D,5D,6D,7D,8D,9D,10D,11D,12D,13D,14D,15D2,16D2,17D2,18D2,20D,21D2. The number of esters is 1. The number of amides is 2. The quantitative estimate of drug-likeness (QED) is 0.348. The minimum Gasteiger partial charge on any atom is -0.465 e. The number of carbonyl (C=O) groups is 3.